The SMILES string of the molecule is O=C(CCc1ncc(-c2ccccc2)o1)N[C@H]1CCc2ccccc21. The van der Waals surface area contributed by atoms with Crippen LogP contribution in [0.15, 0.2) is 65.2 Å². The molecule has 2 aromatic carbocycles. The molecule has 4 nitrogen and oxygen atoms in total. The van der Waals surface area contributed by atoms with Crippen molar-refractivity contribution in [2.24, 2.45) is 0 Å². The highest BCUT2D eigenvalue weighted by molar-refractivity contribution is 5.76. The predicted molar refractivity (Wildman–Crippen MR) is 95.9 cm³/mol. The van der Waals surface area contributed by atoms with Gasteiger partial charge in [-0.15, -0.1) is 0 Å². The number of benzene rings is 2. The van der Waals surface area contributed by atoms with Gasteiger partial charge in [-0.05, 0) is 24.0 Å². The lowest BCUT2D eigenvalue weighted by Gasteiger charge is -2.13. The van der Waals surface area contributed by atoms with Crippen molar-refractivity contribution in [1.82, 2.24) is 10.3 Å². The summed E-state index contributed by atoms with van der Waals surface area (Å²) in [6, 6.07) is 18.3. The normalized spacial score (nSPS) is 15.8. The molecule has 1 aliphatic carbocycles. The number of carbonyl (C=O) groups is 1. The molecule has 0 spiro atoms. The molecule has 1 amide bonds. The van der Waals surface area contributed by atoms with Crippen LogP contribution < -0.4 is 5.32 Å². The number of nitrogens with one attached hydrogen (secondary N) is 1. The first kappa shape index (κ1) is 15.6. The van der Waals surface area contributed by atoms with Crippen LogP contribution in [0.3, 0.4) is 0 Å². The Hall–Kier alpha value is -2.88. The fourth-order valence-corrected chi connectivity index (χ4v) is 3.36. The van der Waals surface area contributed by atoms with E-state index in [-0.39, 0.29) is 11.9 Å². The molecule has 1 heterocycles. The van der Waals surface area contributed by atoms with E-state index >= 15 is 0 Å². The largest absolute Gasteiger partial charge is 0.441 e. The first-order valence-corrected chi connectivity index (χ1v) is 8.67. The van der Waals surface area contributed by atoms with E-state index in [1.807, 2.05) is 36.4 Å². The molecule has 0 bridgehead atoms. The predicted octanol–water partition coefficient (Wildman–Crippen LogP) is 4.08. The van der Waals surface area contributed by atoms with E-state index in [9.17, 15) is 4.79 Å². The van der Waals surface area contributed by atoms with Crippen molar-refractivity contribution in [3.8, 4) is 11.3 Å². The molecule has 1 N–H and O–H groups in total. The zero-order chi connectivity index (χ0) is 17.1. The Labute approximate surface area is 146 Å². The minimum Gasteiger partial charge on any atom is -0.441 e. The number of hydrogen-bond donors (Lipinski definition) is 1. The monoisotopic (exact) mass is 332 g/mol. The highest BCUT2D eigenvalue weighted by Crippen LogP contribution is 2.30. The summed E-state index contributed by atoms with van der Waals surface area (Å²) in [5.74, 6) is 1.38. The first-order valence-electron chi connectivity index (χ1n) is 8.67. The molecule has 3 aromatic rings. The summed E-state index contributed by atoms with van der Waals surface area (Å²) < 4.78 is 5.76. The summed E-state index contributed by atoms with van der Waals surface area (Å²) in [5, 5.41) is 3.14. The van der Waals surface area contributed by atoms with Crippen LogP contribution in [-0.2, 0) is 17.6 Å². The third-order valence-electron chi connectivity index (χ3n) is 4.65. The maximum Gasteiger partial charge on any atom is 0.220 e. The van der Waals surface area contributed by atoms with Gasteiger partial charge < -0.3 is 9.73 Å². The van der Waals surface area contributed by atoms with Crippen molar-refractivity contribution < 1.29 is 9.21 Å². The number of oxazole rings is 1. The molecule has 0 saturated heterocycles. The first-order chi connectivity index (χ1) is 12.3. The van der Waals surface area contributed by atoms with Gasteiger partial charge in [0.25, 0.3) is 0 Å². The zero-order valence-electron chi connectivity index (χ0n) is 13.9. The molecule has 4 heteroatoms. The summed E-state index contributed by atoms with van der Waals surface area (Å²) in [6.07, 6.45) is 4.61. The van der Waals surface area contributed by atoms with Gasteiger partial charge in [-0.25, -0.2) is 4.98 Å². The highest BCUT2D eigenvalue weighted by Gasteiger charge is 2.23. The Morgan fingerprint density at radius 2 is 1.92 bits per heavy atom. The molecule has 25 heavy (non-hydrogen) atoms. The second-order valence-electron chi connectivity index (χ2n) is 6.34. The van der Waals surface area contributed by atoms with E-state index in [0.29, 0.717) is 18.7 Å². The number of carbonyl (C=O) groups excluding carboxylic acids is 1. The second-order valence-corrected chi connectivity index (χ2v) is 6.34. The van der Waals surface area contributed by atoms with Gasteiger partial charge in [0.2, 0.25) is 5.91 Å². The standard InChI is InChI=1S/C21H20N2O2/c24-20(23-18-11-10-15-6-4-5-9-17(15)18)12-13-21-22-14-19(25-21)16-7-2-1-3-8-16/h1-9,14,18H,10-13H2,(H,23,24)/t18-/m0/s1. The van der Waals surface area contributed by atoms with Crippen LogP contribution in [0.1, 0.15) is 35.9 Å². The van der Waals surface area contributed by atoms with Gasteiger partial charge in [0.1, 0.15) is 0 Å². The summed E-state index contributed by atoms with van der Waals surface area (Å²) >= 11 is 0. The third kappa shape index (κ3) is 3.48. The Balaban J connectivity index is 1.33. The molecule has 0 fully saturated rings. The molecule has 0 saturated carbocycles. The molecule has 4 rings (SSSR count). The molecular weight excluding hydrogens is 312 g/mol. The zero-order valence-corrected chi connectivity index (χ0v) is 13.9. The molecule has 126 valence electrons. The number of hydrogen-bond acceptors (Lipinski definition) is 3. The molecule has 1 aromatic heterocycles. The number of amides is 1. The van der Waals surface area contributed by atoms with E-state index in [0.717, 1.165) is 24.2 Å². The highest BCUT2D eigenvalue weighted by atomic mass is 16.4. The van der Waals surface area contributed by atoms with E-state index < -0.39 is 0 Å². The lowest BCUT2D eigenvalue weighted by atomic mass is 10.1. The van der Waals surface area contributed by atoms with Gasteiger partial charge in [-0.2, -0.15) is 0 Å². The molecular formula is C21H20N2O2. The fourth-order valence-electron chi connectivity index (χ4n) is 3.36. The summed E-state index contributed by atoms with van der Waals surface area (Å²) in [4.78, 5) is 16.6. The van der Waals surface area contributed by atoms with Crippen molar-refractivity contribution in [1.29, 1.82) is 0 Å². The number of fused-ring (bicyclic) bond motifs is 1. The quantitative estimate of drug-likeness (QED) is 0.766. The Bertz CT molecular complexity index is 870. The van der Waals surface area contributed by atoms with Crippen LogP contribution in [0, 0.1) is 0 Å². The van der Waals surface area contributed by atoms with E-state index in [2.05, 4.69) is 28.5 Å². The number of aromatic nitrogens is 1. The Kier molecular flexibility index (Phi) is 4.34. The van der Waals surface area contributed by atoms with Gasteiger partial charge in [0.15, 0.2) is 11.7 Å². The summed E-state index contributed by atoms with van der Waals surface area (Å²) in [7, 11) is 0. The van der Waals surface area contributed by atoms with E-state index in [1.54, 1.807) is 6.20 Å². The minimum atomic E-state index is 0.0427. The van der Waals surface area contributed by atoms with Crippen LogP contribution in [0.2, 0.25) is 0 Å². The van der Waals surface area contributed by atoms with Crippen molar-refractivity contribution in [3.05, 3.63) is 77.8 Å². The minimum absolute atomic E-state index is 0.0427. The van der Waals surface area contributed by atoms with Gasteiger partial charge in [-0.3, -0.25) is 4.79 Å². The van der Waals surface area contributed by atoms with E-state index in [1.165, 1.54) is 11.1 Å². The van der Waals surface area contributed by atoms with Gasteiger partial charge in [-0.1, -0.05) is 54.6 Å². The number of rotatable bonds is 5. The van der Waals surface area contributed by atoms with Crippen LogP contribution >= 0.6 is 0 Å². The second kappa shape index (κ2) is 6.93. The number of nitrogens with zero attached hydrogens (tertiary/aromatic N) is 1. The molecule has 1 aliphatic rings. The third-order valence-corrected chi connectivity index (χ3v) is 4.65. The van der Waals surface area contributed by atoms with Gasteiger partial charge in [0, 0.05) is 18.4 Å². The summed E-state index contributed by atoms with van der Waals surface area (Å²) in [5.41, 5.74) is 3.58. The van der Waals surface area contributed by atoms with Crippen molar-refractivity contribution in [2.45, 2.75) is 31.7 Å². The average Bonchev–Trinajstić information content (AvgIpc) is 3.28. The summed E-state index contributed by atoms with van der Waals surface area (Å²) in [6.45, 7) is 0. The topological polar surface area (TPSA) is 55.1 Å². The van der Waals surface area contributed by atoms with Crippen molar-refractivity contribution in [2.75, 3.05) is 0 Å². The fraction of sp³-hybridized carbons (Fsp3) is 0.238. The van der Waals surface area contributed by atoms with Gasteiger partial charge in [0.05, 0.1) is 12.2 Å². The smallest absolute Gasteiger partial charge is 0.220 e. The molecule has 1 atom stereocenters. The van der Waals surface area contributed by atoms with E-state index in [4.69, 9.17) is 4.42 Å². The van der Waals surface area contributed by atoms with Gasteiger partial charge >= 0.3 is 0 Å². The average molecular weight is 332 g/mol. The molecule has 0 aliphatic heterocycles. The van der Waals surface area contributed by atoms with Crippen LogP contribution in [0.25, 0.3) is 11.3 Å². The lowest BCUT2D eigenvalue weighted by molar-refractivity contribution is -0.121. The molecule has 0 unspecified atom stereocenters. The lowest BCUT2D eigenvalue weighted by Crippen LogP contribution is -2.27. The number of aryl methyl sites for hydroxylation is 2. The Morgan fingerprint density at radius 1 is 1.12 bits per heavy atom. The Morgan fingerprint density at radius 3 is 2.80 bits per heavy atom. The van der Waals surface area contributed by atoms with Crippen molar-refractivity contribution in [3.63, 3.8) is 0 Å². The maximum atomic E-state index is 12.3. The molecule has 0 radical (unpaired) electrons. The van der Waals surface area contributed by atoms with Crippen molar-refractivity contribution >= 4 is 5.91 Å². The van der Waals surface area contributed by atoms with Crippen LogP contribution in [0.5, 0.6) is 0 Å². The van der Waals surface area contributed by atoms with Crippen LogP contribution in [-0.4, -0.2) is 10.9 Å². The maximum absolute atomic E-state index is 12.3. The van der Waals surface area contributed by atoms with Crippen LogP contribution in [0.4, 0.5) is 0 Å².